The van der Waals surface area contributed by atoms with Gasteiger partial charge in [-0.25, -0.2) is 8.42 Å². The molecule has 0 spiro atoms. The predicted molar refractivity (Wildman–Crippen MR) is 69.3 cm³/mol. The van der Waals surface area contributed by atoms with Gasteiger partial charge in [0.05, 0.1) is 22.9 Å². The van der Waals surface area contributed by atoms with E-state index in [9.17, 15) is 8.42 Å². The lowest BCUT2D eigenvalue weighted by atomic mass is 10.2. The van der Waals surface area contributed by atoms with Crippen LogP contribution in [0.4, 0.5) is 0 Å². The van der Waals surface area contributed by atoms with E-state index in [4.69, 9.17) is 21.2 Å². The van der Waals surface area contributed by atoms with Crippen molar-refractivity contribution in [1.82, 2.24) is 10.1 Å². The number of sulfone groups is 1. The number of hydrogen-bond donors (Lipinski definition) is 1. The molecule has 19 heavy (non-hydrogen) atoms. The van der Waals surface area contributed by atoms with Gasteiger partial charge in [-0.2, -0.15) is 4.98 Å². The van der Waals surface area contributed by atoms with Gasteiger partial charge in [-0.05, 0) is 12.1 Å². The summed E-state index contributed by atoms with van der Waals surface area (Å²) in [6, 6.07) is 6.88. The van der Waals surface area contributed by atoms with Gasteiger partial charge in [0.1, 0.15) is 5.75 Å². The number of aliphatic hydroxyl groups excluding tert-OH is 1. The molecule has 1 heterocycles. The molecule has 0 bridgehead atoms. The normalized spacial score (nSPS) is 11.7. The Kier molecular flexibility index (Phi) is 4.18. The van der Waals surface area contributed by atoms with Crippen molar-refractivity contribution in [2.45, 2.75) is 5.75 Å². The van der Waals surface area contributed by atoms with Gasteiger partial charge in [-0.3, -0.25) is 0 Å². The third-order valence-corrected chi connectivity index (χ3v) is 4.16. The lowest BCUT2D eigenvalue weighted by Crippen LogP contribution is -2.13. The van der Waals surface area contributed by atoms with E-state index < -0.39 is 16.4 Å². The number of benzene rings is 1. The molecule has 6 nitrogen and oxygen atoms in total. The van der Waals surface area contributed by atoms with Crippen LogP contribution in [0.25, 0.3) is 11.5 Å². The van der Waals surface area contributed by atoms with Crippen LogP contribution >= 0.6 is 11.6 Å². The number of rotatable bonds is 5. The van der Waals surface area contributed by atoms with Gasteiger partial charge < -0.3 is 9.63 Å². The molecule has 0 amide bonds. The fraction of sp³-hybridized carbons (Fsp3) is 0.273. The first-order chi connectivity index (χ1) is 9.02. The first kappa shape index (κ1) is 14.0. The van der Waals surface area contributed by atoms with Crippen molar-refractivity contribution in [2.24, 2.45) is 0 Å². The molecular weight excluding hydrogens is 292 g/mol. The maximum Gasteiger partial charge on any atom is 0.259 e. The predicted octanol–water partition coefficient (Wildman–Crippen LogP) is 1.30. The van der Waals surface area contributed by atoms with E-state index in [1.54, 1.807) is 24.3 Å². The molecule has 8 heteroatoms. The summed E-state index contributed by atoms with van der Waals surface area (Å²) >= 11 is 5.97. The molecule has 0 aliphatic heterocycles. The second-order valence-corrected chi connectivity index (χ2v) is 6.40. The molecule has 2 aromatic rings. The van der Waals surface area contributed by atoms with Crippen LogP contribution in [0.2, 0.25) is 5.02 Å². The second kappa shape index (κ2) is 5.68. The van der Waals surface area contributed by atoms with Crippen LogP contribution < -0.4 is 0 Å². The van der Waals surface area contributed by atoms with E-state index in [-0.39, 0.29) is 23.2 Å². The largest absolute Gasteiger partial charge is 0.395 e. The zero-order valence-corrected chi connectivity index (χ0v) is 11.4. The maximum atomic E-state index is 11.5. The Labute approximate surface area is 114 Å². The minimum atomic E-state index is -3.43. The molecule has 102 valence electrons. The summed E-state index contributed by atoms with van der Waals surface area (Å²) in [6.45, 7) is -0.433. The maximum absolute atomic E-state index is 11.5. The van der Waals surface area contributed by atoms with Crippen LogP contribution in [0.1, 0.15) is 5.82 Å². The van der Waals surface area contributed by atoms with E-state index in [1.807, 2.05) is 0 Å². The number of nitrogens with zero attached hydrogens (tertiary/aromatic N) is 2. The first-order valence-corrected chi connectivity index (χ1v) is 7.60. The second-order valence-electron chi connectivity index (χ2n) is 3.81. The molecule has 0 radical (unpaired) electrons. The van der Waals surface area contributed by atoms with Gasteiger partial charge >= 0.3 is 0 Å². The Morgan fingerprint density at radius 3 is 2.74 bits per heavy atom. The summed E-state index contributed by atoms with van der Waals surface area (Å²) in [5.41, 5.74) is 0.544. The molecule has 0 fully saturated rings. The SMILES string of the molecule is O=S(=O)(CCO)Cc1noc(-c2ccccc2Cl)n1. The third kappa shape index (κ3) is 3.52. The number of hydrogen-bond acceptors (Lipinski definition) is 6. The average Bonchev–Trinajstić information content (AvgIpc) is 2.77. The highest BCUT2D eigenvalue weighted by Crippen LogP contribution is 2.25. The van der Waals surface area contributed by atoms with Crippen molar-refractivity contribution in [3.63, 3.8) is 0 Å². The van der Waals surface area contributed by atoms with Crippen LogP contribution in [0.3, 0.4) is 0 Å². The molecule has 1 N–H and O–H groups in total. The smallest absolute Gasteiger partial charge is 0.259 e. The van der Waals surface area contributed by atoms with Crippen LogP contribution in [-0.4, -0.2) is 36.0 Å². The summed E-state index contributed by atoms with van der Waals surface area (Å²) in [4.78, 5) is 3.99. The zero-order valence-electron chi connectivity index (χ0n) is 9.78. The highest BCUT2D eigenvalue weighted by molar-refractivity contribution is 7.90. The minimum Gasteiger partial charge on any atom is -0.395 e. The molecule has 0 aliphatic carbocycles. The van der Waals surface area contributed by atoms with E-state index in [0.29, 0.717) is 10.6 Å². The van der Waals surface area contributed by atoms with Gasteiger partial charge in [0, 0.05) is 0 Å². The highest BCUT2D eigenvalue weighted by Gasteiger charge is 2.17. The Balaban J connectivity index is 2.23. The van der Waals surface area contributed by atoms with Gasteiger partial charge in [0.15, 0.2) is 15.7 Å². The molecule has 1 aromatic carbocycles. The molecule has 0 aliphatic rings. The van der Waals surface area contributed by atoms with Crippen molar-refractivity contribution in [3.05, 3.63) is 35.1 Å². The lowest BCUT2D eigenvalue weighted by Gasteiger charge is -1.97. The average molecular weight is 303 g/mol. The summed E-state index contributed by atoms with van der Waals surface area (Å²) in [5.74, 6) is -0.493. The zero-order chi connectivity index (χ0) is 13.9. The topological polar surface area (TPSA) is 93.3 Å². The molecule has 1 aromatic heterocycles. The monoisotopic (exact) mass is 302 g/mol. The number of aromatic nitrogens is 2. The summed E-state index contributed by atoms with van der Waals surface area (Å²) < 4.78 is 28.0. The van der Waals surface area contributed by atoms with E-state index in [0.717, 1.165) is 0 Å². The van der Waals surface area contributed by atoms with Crippen molar-refractivity contribution in [3.8, 4) is 11.5 Å². The minimum absolute atomic E-state index is 0.0448. The van der Waals surface area contributed by atoms with E-state index in [1.165, 1.54) is 0 Å². The summed E-state index contributed by atoms with van der Waals surface area (Å²) in [7, 11) is -3.43. The number of aliphatic hydroxyl groups is 1. The Morgan fingerprint density at radius 1 is 1.32 bits per heavy atom. The van der Waals surface area contributed by atoms with E-state index >= 15 is 0 Å². The van der Waals surface area contributed by atoms with Crippen LogP contribution in [-0.2, 0) is 15.6 Å². The first-order valence-electron chi connectivity index (χ1n) is 5.40. The van der Waals surface area contributed by atoms with Crippen molar-refractivity contribution in [2.75, 3.05) is 12.4 Å². The number of halogens is 1. The summed E-state index contributed by atoms with van der Waals surface area (Å²) in [6.07, 6.45) is 0. The molecular formula is C11H11ClN2O4S. The van der Waals surface area contributed by atoms with E-state index in [2.05, 4.69) is 10.1 Å². The molecule has 0 unspecified atom stereocenters. The van der Waals surface area contributed by atoms with Crippen molar-refractivity contribution in [1.29, 1.82) is 0 Å². The van der Waals surface area contributed by atoms with Gasteiger partial charge in [0.2, 0.25) is 0 Å². The van der Waals surface area contributed by atoms with Crippen LogP contribution in [0.5, 0.6) is 0 Å². The standard InChI is InChI=1S/C11H11ClN2O4S/c12-9-4-2-1-3-8(9)11-13-10(14-18-11)7-19(16,17)6-5-15/h1-4,15H,5-7H2. The van der Waals surface area contributed by atoms with Crippen molar-refractivity contribution >= 4 is 21.4 Å². The quantitative estimate of drug-likeness (QED) is 0.894. The Morgan fingerprint density at radius 2 is 2.05 bits per heavy atom. The molecule has 0 saturated heterocycles. The lowest BCUT2D eigenvalue weighted by molar-refractivity contribution is 0.319. The van der Waals surface area contributed by atoms with Crippen molar-refractivity contribution < 1.29 is 18.0 Å². The summed E-state index contributed by atoms with van der Waals surface area (Å²) in [5, 5.41) is 12.7. The molecule has 2 rings (SSSR count). The van der Waals surface area contributed by atoms with Crippen LogP contribution in [0.15, 0.2) is 28.8 Å². The Hall–Kier alpha value is -1.44. The fourth-order valence-electron chi connectivity index (χ4n) is 1.46. The molecule has 0 atom stereocenters. The van der Waals surface area contributed by atoms with Gasteiger partial charge in [-0.1, -0.05) is 28.9 Å². The highest BCUT2D eigenvalue weighted by atomic mass is 35.5. The fourth-order valence-corrected chi connectivity index (χ4v) is 2.61. The molecule has 0 saturated carbocycles. The van der Waals surface area contributed by atoms with Gasteiger partial charge in [-0.15, -0.1) is 0 Å². The Bertz CT molecular complexity index is 669. The van der Waals surface area contributed by atoms with Crippen LogP contribution in [0, 0.1) is 0 Å². The van der Waals surface area contributed by atoms with Gasteiger partial charge in [0.25, 0.3) is 5.89 Å². The third-order valence-electron chi connectivity index (χ3n) is 2.32.